The standard InChI is InChI=1S/C16H14N2O3S/c19-14-10-8-13(9-11-14)18-12-4-7-16(18)17-22(20,21)15-5-2-1-3-6-15/h1-12,17,19H. The molecule has 0 amide bonds. The molecule has 1 heterocycles. The van der Waals surface area contributed by atoms with Gasteiger partial charge in [0.25, 0.3) is 10.0 Å². The Bertz CT molecular complexity index is 869. The highest BCUT2D eigenvalue weighted by Crippen LogP contribution is 2.22. The van der Waals surface area contributed by atoms with Gasteiger partial charge in [0.1, 0.15) is 11.6 Å². The lowest BCUT2D eigenvalue weighted by Gasteiger charge is -2.12. The fourth-order valence-corrected chi connectivity index (χ4v) is 3.17. The van der Waals surface area contributed by atoms with Gasteiger partial charge in [-0.3, -0.25) is 4.72 Å². The molecule has 0 aliphatic rings. The molecule has 0 aliphatic carbocycles. The lowest BCUT2D eigenvalue weighted by Crippen LogP contribution is -2.15. The van der Waals surface area contributed by atoms with Crippen LogP contribution in [-0.2, 0) is 10.0 Å². The van der Waals surface area contributed by atoms with E-state index in [9.17, 15) is 13.5 Å². The predicted octanol–water partition coefficient (Wildman–Crippen LogP) is 2.98. The van der Waals surface area contributed by atoms with Crippen molar-refractivity contribution in [2.24, 2.45) is 0 Å². The maximum atomic E-state index is 12.4. The zero-order valence-corrected chi connectivity index (χ0v) is 12.4. The molecule has 6 heteroatoms. The minimum absolute atomic E-state index is 0.155. The molecule has 0 saturated carbocycles. The van der Waals surface area contributed by atoms with Gasteiger partial charge in [-0.25, -0.2) is 8.42 Å². The van der Waals surface area contributed by atoms with E-state index in [2.05, 4.69) is 4.72 Å². The molecule has 0 spiro atoms. The Kier molecular flexibility index (Phi) is 3.60. The van der Waals surface area contributed by atoms with E-state index < -0.39 is 10.0 Å². The van der Waals surface area contributed by atoms with E-state index in [1.165, 1.54) is 12.1 Å². The van der Waals surface area contributed by atoms with E-state index in [-0.39, 0.29) is 10.6 Å². The van der Waals surface area contributed by atoms with Crippen molar-refractivity contribution in [1.82, 2.24) is 4.57 Å². The Morgan fingerprint density at radius 2 is 1.55 bits per heavy atom. The van der Waals surface area contributed by atoms with E-state index >= 15 is 0 Å². The second-order valence-electron chi connectivity index (χ2n) is 4.70. The molecule has 2 aromatic carbocycles. The van der Waals surface area contributed by atoms with Crippen LogP contribution in [0, 0.1) is 0 Å². The van der Waals surface area contributed by atoms with Crippen LogP contribution in [0.4, 0.5) is 5.82 Å². The number of phenolic OH excluding ortho intramolecular Hbond substituents is 1. The highest BCUT2D eigenvalue weighted by atomic mass is 32.2. The Balaban J connectivity index is 1.95. The number of nitrogens with one attached hydrogen (secondary N) is 1. The van der Waals surface area contributed by atoms with Crippen LogP contribution in [0.5, 0.6) is 5.75 Å². The van der Waals surface area contributed by atoms with Crippen molar-refractivity contribution >= 4 is 15.8 Å². The molecule has 0 fully saturated rings. The highest BCUT2D eigenvalue weighted by molar-refractivity contribution is 7.92. The monoisotopic (exact) mass is 314 g/mol. The number of anilines is 1. The molecule has 22 heavy (non-hydrogen) atoms. The number of aromatic hydroxyl groups is 1. The average Bonchev–Trinajstić information content (AvgIpc) is 2.96. The average molecular weight is 314 g/mol. The van der Waals surface area contributed by atoms with E-state index in [1.54, 1.807) is 65.4 Å². The van der Waals surface area contributed by atoms with Crippen molar-refractivity contribution in [2.75, 3.05) is 4.72 Å². The van der Waals surface area contributed by atoms with E-state index in [1.807, 2.05) is 0 Å². The molecule has 3 aromatic rings. The van der Waals surface area contributed by atoms with Crippen LogP contribution in [0.15, 0.2) is 77.8 Å². The van der Waals surface area contributed by atoms with Gasteiger partial charge in [0.15, 0.2) is 0 Å². The Labute approximate surface area is 128 Å². The summed E-state index contributed by atoms with van der Waals surface area (Å²) in [5.74, 6) is 0.580. The van der Waals surface area contributed by atoms with Gasteiger partial charge in [0, 0.05) is 11.9 Å². The number of hydrogen-bond acceptors (Lipinski definition) is 3. The van der Waals surface area contributed by atoms with Crippen LogP contribution in [-0.4, -0.2) is 18.1 Å². The minimum atomic E-state index is -3.64. The molecular weight excluding hydrogens is 300 g/mol. The molecule has 0 saturated heterocycles. The van der Waals surface area contributed by atoms with Gasteiger partial charge in [-0.1, -0.05) is 18.2 Å². The number of phenols is 1. The molecule has 0 bridgehead atoms. The molecule has 0 unspecified atom stereocenters. The van der Waals surface area contributed by atoms with Gasteiger partial charge in [0.2, 0.25) is 0 Å². The maximum Gasteiger partial charge on any atom is 0.263 e. The molecular formula is C16H14N2O3S. The van der Waals surface area contributed by atoms with Crippen LogP contribution in [0.25, 0.3) is 5.69 Å². The first-order chi connectivity index (χ1) is 10.6. The summed E-state index contributed by atoms with van der Waals surface area (Å²) in [5.41, 5.74) is 0.744. The highest BCUT2D eigenvalue weighted by Gasteiger charge is 2.15. The number of rotatable bonds is 4. The van der Waals surface area contributed by atoms with Crippen LogP contribution in [0.2, 0.25) is 0 Å². The Morgan fingerprint density at radius 1 is 0.864 bits per heavy atom. The zero-order valence-electron chi connectivity index (χ0n) is 11.5. The molecule has 0 radical (unpaired) electrons. The molecule has 112 valence electrons. The van der Waals surface area contributed by atoms with Crippen LogP contribution in [0.1, 0.15) is 0 Å². The smallest absolute Gasteiger partial charge is 0.263 e. The van der Waals surface area contributed by atoms with Gasteiger partial charge in [-0.2, -0.15) is 0 Å². The van der Waals surface area contributed by atoms with Crippen molar-refractivity contribution < 1.29 is 13.5 Å². The third-order valence-corrected chi connectivity index (χ3v) is 4.54. The van der Waals surface area contributed by atoms with Crippen LogP contribution >= 0.6 is 0 Å². The quantitative estimate of drug-likeness (QED) is 0.777. The van der Waals surface area contributed by atoms with Gasteiger partial charge >= 0.3 is 0 Å². The Morgan fingerprint density at radius 3 is 2.23 bits per heavy atom. The minimum Gasteiger partial charge on any atom is -0.508 e. The zero-order chi connectivity index (χ0) is 15.6. The van der Waals surface area contributed by atoms with E-state index in [0.29, 0.717) is 5.82 Å². The first-order valence-electron chi connectivity index (χ1n) is 6.61. The van der Waals surface area contributed by atoms with Gasteiger partial charge < -0.3 is 9.67 Å². The van der Waals surface area contributed by atoms with Gasteiger partial charge in [-0.15, -0.1) is 0 Å². The summed E-state index contributed by atoms with van der Waals surface area (Å²) in [6.45, 7) is 0. The summed E-state index contributed by atoms with van der Waals surface area (Å²) in [6.07, 6.45) is 1.75. The van der Waals surface area contributed by atoms with E-state index in [0.717, 1.165) is 5.69 Å². The number of benzene rings is 2. The Hall–Kier alpha value is -2.73. The number of hydrogen-bond donors (Lipinski definition) is 2. The van der Waals surface area contributed by atoms with Crippen molar-refractivity contribution in [3.63, 3.8) is 0 Å². The molecule has 2 N–H and O–H groups in total. The number of aromatic nitrogens is 1. The third-order valence-electron chi connectivity index (χ3n) is 3.17. The SMILES string of the molecule is O=S(=O)(Nc1cccn1-c1ccc(O)cc1)c1ccccc1. The normalized spacial score (nSPS) is 11.3. The van der Waals surface area contributed by atoms with Gasteiger partial charge in [-0.05, 0) is 48.5 Å². The summed E-state index contributed by atoms with van der Waals surface area (Å²) >= 11 is 0. The van der Waals surface area contributed by atoms with Crippen molar-refractivity contribution in [3.05, 3.63) is 72.9 Å². The van der Waals surface area contributed by atoms with Crippen LogP contribution in [0.3, 0.4) is 0 Å². The predicted molar refractivity (Wildman–Crippen MR) is 84.7 cm³/mol. The fourth-order valence-electron chi connectivity index (χ4n) is 2.10. The lowest BCUT2D eigenvalue weighted by atomic mass is 10.3. The summed E-state index contributed by atoms with van der Waals surface area (Å²) < 4.78 is 29.0. The summed E-state index contributed by atoms with van der Waals surface area (Å²) in [6, 6.07) is 18.1. The first kappa shape index (κ1) is 14.2. The lowest BCUT2D eigenvalue weighted by molar-refractivity contribution is 0.475. The second kappa shape index (κ2) is 5.57. The van der Waals surface area contributed by atoms with Crippen LogP contribution < -0.4 is 4.72 Å². The molecule has 1 aromatic heterocycles. The fraction of sp³-hybridized carbons (Fsp3) is 0. The maximum absolute atomic E-state index is 12.4. The largest absolute Gasteiger partial charge is 0.508 e. The van der Waals surface area contributed by atoms with Crippen molar-refractivity contribution in [2.45, 2.75) is 4.90 Å². The number of sulfonamides is 1. The molecule has 0 aliphatic heterocycles. The summed E-state index contributed by atoms with van der Waals surface area (Å²) in [5, 5.41) is 9.34. The topological polar surface area (TPSA) is 71.3 Å². The first-order valence-corrected chi connectivity index (χ1v) is 8.09. The third kappa shape index (κ3) is 2.82. The molecule has 5 nitrogen and oxygen atoms in total. The van der Waals surface area contributed by atoms with E-state index in [4.69, 9.17) is 0 Å². The van der Waals surface area contributed by atoms with Crippen molar-refractivity contribution in [1.29, 1.82) is 0 Å². The summed E-state index contributed by atoms with van der Waals surface area (Å²) in [7, 11) is -3.64. The van der Waals surface area contributed by atoms with Gasteiger partial charge in [0.05, 0.1) is 4.90 Å². The number of nitrogens with zero attached hydrogens (tertiary/aromatic N) is 1. The molecule has 3 rings (SSSR count). The second-order valence-corrected chi connectivity index (χ2v) is 6.38. The van der Waals surface area contributed by atoms with Crippen molar-refractivity contribution in [3.8, 4) is 11.4 Å². The molecule has 0 atom stereocenters. The summed E-state index contributed by atoms with van der Waals surface area (Å²) in [4.78, 5) is 0.202.